The van der Waals surface area contributed by atoms with Crippen LogP contribution >= 0.6 is 23.5 Å². The number of anilines is 6. The molecule has 0 spiro atoms. The van der Waals surface area contributed by atoms with Crippen molar-refractivity contribution in [2.75, 3.05) is 9.80 Å². The van der Waals surface area contributed by atoms with E-state index in [4.69, 9.17) is 0 Å². The Hall–Kier alpha value is -11.2. The second kappa shape index (κ2) is 17.6. The molecule has 0 radical (unpaired) electrons. The van der Waals surface area contributed by atoms with E-state index in [0.29, 0.717) is 0 Å². The summed E-state index contributed by atoms with van der Waals surface area (Å²) < 4.78 is 10.8. The molecule has 14 aromatic carbocycles. The van der Waals surface area contributed by atoms with Crippen molar-refractivity contribution in [3.8, 4) is 22.3 Å². The number of rotatable bonds is 2. The first-order valence-electron chi connectivity index (χ1n) is 33.5. The molecule has 0 amide bonds. The third kappa shape index (κ3) is 5.82. The predicted octanol–water partition coefficient (Wildman–Crippen LogP) is 15.5. The Labute approximate surface area is 560 Å². The Morgan fingerprint density at radius 3 is 0.927 bits per heavy atom. The van der Waals surface area contributed by atoms with Gasteiger partial charge in [-0.15, -0.1) is 0 Å². The fourth-order valence-electron chi connectivity index (χ4n) is 19.7. The molecule has 96 heavy (non-hydrogen) atoms. The van der Waals surface area contributed by atoms with Crippen molar-refractivity contribution in [1.82, 2.24) is 17.9 Å². The van der Waals surface area contributed by atoms with E-state index in [-0.39, 0.29) is 27.4 Å². The van der Waals surface area contributed by atoms with Crippen LogP contribution in [0.25, 0.3) is 109 Å². The van der Waals surface area contributed by atoms with Gasteiger partial charge in [0.2, 0.25) is 0 Å². The summed E-state index contributed by atoms with van der Waals surface area (Å²) in [6, 6.07) is 105. The van der Waals surface area contributed by atoms with Gasteiger partial charge in [0.15, 0.2) is 0 Å². The van der Waals surface area contributed by atoms with Crippen LogP contribution in [0.5, 0.6) is 0 Å². The SMILES string of the molecule is c1ccc(N2c3ccccc3B3c4c2cc2c5c4-c4c6c(cc7c8ccccc8n(c47)B5c4ccccc4N2c2ccccc2)c2ccccc2n63)cc1.c1ccc2c(c1)Sc1cc3c4c5c1B2n1c2ccccc2c2cc6c7ccccc7n(c6c-5c21)B4c1ccccc1S3. The molecule has 4 aromatic heterocycles. The molecule has 26 rings (SSSR count). The second-order valence-electron chi connectivity index (χ2n) is 27.2. The molecule has 0 fully saturated rings. The van der Waals surface area contributed by atoms with Gasteiger partial charge in [-0.1, -0.05) is 206 Å². The first kappa shape index (κ1) is 50.3. The van der Waals surface area contributed by atoms with Gasteiger partial charge in [0.05, 0.1) is 0 Å². The number of fused-ring (bicyclic) bond motifs is 24. The Morgan fingerprint density at radius 1 is 0.219 bits per heavy atom. The number of aromatic nitrogens is 4. The molecule has 6 nitrogen and oxygen atoms in total. The molecule has 0 aliphatic carbocycles. The molecule has 12 heteroatoms. The molecule has 0 saturated heterocycles. The van der Waals surface area contributed by atoms with Gasteiger partial charge in [-0.3, -0.25) is 0 Å². The van der Waals surface area contributed by atoms with Gasteiger partial charge in [-0.2, -0.15) is 0 Å². The molecular weight excluding hydrogens is 1200 g/mol. The lowest BCUT2D eigenvalue weighted by atomic mass is 9.39. The van der Waals surface area contributed by atoms with Gasteiger partial charge in [-0.25, -0.2) is 0 Å². The number of nitrogens with zero attached hydrogens (tertiary/aromatic N) is 6. The van der Waals surface area contributed by atoms with E-state index in [0.717, 1.165) is 0 Å². The first-order chi connectivity index (χ1) is 47.7. The van der Waals surface area contributed by atoms with Crippen LogP contribution in [0.15, 0.2) is 299 Å². The third-order valence-corrected chi connectivity index (χ3v) is 25.3. The predicted molar refractivity (Wildman–Crippen MR) is 408 cm³/mol. The minimum Gasteiger partial charge on any atom is -0.375 e. The second-order valence-corrected chi connectivity index (χ2v) is 29.3. The summed E-state index contributed by atoms with van der Waals surface area (Å²) in [5.41, 5.74) is 35.0. The van der Waals surface area contributed by atoms with Crippen molar-refractivity contribution in [3.05, 3.63) is 279 Å². The molecule has 0 N–H and O–H groups in total. The lowest BCUT2D eigenvalue weighted by molar-refractivity contribution is 1.22. The average molecular weight is 1250 g/mol. The van der Waals surface area contributed by atoms with Crippen LogP contribution in [0.1, 0.15) is 0 Å². The zero-order chi connectivity index (χ0) is 61.7. The van der Waals surface area contributed by atoms with E-state index in [1.807, 2.05) is 23.5 Å². The fourth-order valence-corrected chi connectivity index (χ4v) is 22.1. The highest BCUT2D eigenvalue weighted by Crippen LogP contribution is 2.56. The van der Waals surface area contributed by atoms with Crippen molar-refractivity contribution in [1.29, 1.82) is 0 Å². The summed E-state index contributed by atoms with van der Waals surface area (Å²) in [5, 5.41) is 10.7. The van der Waals surface area contributed by atoms with E-state index in [2.05, 4.69) is 307 Å². The van der Waals surface area contributed by atoms with E-state index >= 15 is 0 Å². The molecule has 436 valence electrons. The van der Waals surface area contributed by atoms with Crippen LogP contribution in [0.2, 0.25) is 0 Å². The summed E-state index contributed by atoms with van der Waals surface area (Å²) in [6.07, 6.45) is 0. The lowest BCUT2D eigenvalue weighted by Crippen LogP contribution is -2.63. The summed E-state index contributed by atoms with van der Waals surface area (Å²) >= 11 is 3.93. The molecule has 0 atom stereocenters. The molecule has 0 unspecified atom stereocenters. The number of para-hydroxylation sites is 8. The van der Waals surface area contributed by atoms with Crippen molar-refractivity contribution >= 4 is 216 Å². The highest BCUT2D eigenvalue weighted by Gasteiger charge is 2.53. The smallest absolute Gasteiger partial charge is 0.333 e. The average Bonchev–Trinajstić information content (AvgIpc) is 1.34. The molecule has 8 aliphatic rings. The summed E-state index contributed by atoms with van der Waals surface area (Å²) in [4.78, 5) is 10.6. The van der Waals surface area contributed by atoms with E-state index in [9.17, 15) is 0 Å². The van der Waals surface area contributed by atoms with Gasteiger partial charge >= 0.3 is 27.4 Å². The van der Waals surface area contributed by atoms with Crippen molar-refractivity contribution in [2.24, 2.45) is 0 Å². The maximum absolute atomic E-state index is 2.70. The lowest BCUT2D eigenvalue weighted by Gasteiger charge is -2.47. The molecule has 12 heterocycles. The van der Waals surface area contributed by atoms with Crippen LogP contribution in [-0.4, -0.2) is 45.3 Å². The molecule has 0 bridgehead atoms. The van der Waals surface area contributed by atoms with Crippen LogP contribution in [0.3, 0.4) is 0 Å². The Bertz CT molecular complexity index is 6340. The zero-order valence-electron chi connectivity index (χ0n) is 51.4. The summed E-state index contributed by atoms with van der Waals surface area (Å²) in [5.74, 6) is 0. The van der Waals surface area contributed by atoms with Gasteiger partial charge in [0, 0.05) is 152 Å². The van der Waals surface area contributed by atoms with Crippen molar-refractivity contribution < 1.29 is 0 Å². The minimum absolute atomic E-state index is 0.00253. The van der Waals surface area contributed by atoms with Crippen LogP contribution in [-0.2, 0) is 0 Å². The molecule has 18 aromatic rings. The van der Waals surface area contributed by atoms with Gasteiger partial charge in [-0.05, 0) is 152 Å². The standard InChI is InChI=1S/C48H28B2N4.C36H18B2N2S2/c1-3-15-29(16-4-1)51-39-25-13-9-21-35(39)49-45-41(51)28-42-46-43(45)44-47-33(31-19-7-11-23-37(31)53(47)49)27-34-32-20-8-12-24-38(32)54(48(34)44)50(46)36-22-10-14-26-40(36)52(42)30-17-5-2-6-18-30;1-5-13-25-19(9-1)21-17-22-20-10-2-6-14-26(20)40-36(22)32-31-33-29(18-30-34(31)38(40)24-12-4-8-16-28(24)42-30)41-27-15-7-3-11-23(27)37(33)39(25)35(21)32/h1-28H;1-18H. The third-order valence-electron chi connectivity index (χ3n) is 23.0. The molecule has 0 saturated carbocycles. The Morgan fingerprint density at radius 2 is 0.531 bits per heavy atom. The zero-order valence-corrected chi connectivity index (χ0v) is 53.0. The van der Waals surface area contributed by atoms with E-state index in [1.54, 1.807) is 0 Å². The van der Waals surface area contributed by atoms with Crippen LogP contribution in [0.4, 0.5) is 34.1 Å². The Balaban J connectivity index is 0.000000119. The fraction of sp³-hybridized carbons (Fsp3) is 0. The molecule has 8 aliphatic heterocycles. The minimum atomic E-state index is 0.00253. The van der Waals surface area contributed by atoms with Crippen LogP contribution < -0.4 is 53.5 Å². The van der Waals surface area contributed by atoms with Crippen LogP contribution in [0, 0.1) is 0 Å². The van der Waals surface area contributed by atoms with E-state index < -0.39 is 0 Å². The van der Waals surface area contributed by atoms with Gasteiger partial charge in [0.25, 0.3) is 0 Å². The largest absolute Gasteiger partial charge is 0.375 e. The monoisotopic (exact) mass is 1250 g/mol. The van der Waals surface area contributed by atoms with Crippen molar-refractivity contribution in [2.45, 2.75) is 19.6 Å². The van der Waals surface area contributed by atoms with Gasteiger partial charge < -0.3 is 27.7 Å². The molecular formula is C84H46B4N6S2. The first-order valence-corrected chi connectivity index (χ1v) is 35.2. The van der Waals surface area contributed by atoms with Crippen molar-refractivity contribution in [3.63, 3.8) is 0 Å². The number of benzene rings is 14. The topological polar surface area (TPSA) is 26.2 Å². The number of hydrogen-bond donors (Lipinski definition) is 0. The quantitative estimate of drug-likeness (QED) is 0.161. The summed E-state index contributed by atoms with van der Waals surface area (Å²) in [7, 11) is 0. The van der Waals surface area contributed by atoms with E-state index in [1.165, 1.54) is 207 Å². The highest BCUT2D eigenvalue weighted by atomic mass is 32.2. The maximum atomic E-state index is 2.70. The Kier molecular flexibility index (Phi) is 9.23. The van der Waals surface area contributed by atoms with Gasteiger partial charge in [0.1, 0.15) is 0 Å². The summed E-state index contributed by atoms with van der Waals surface area (Å²) in [6.45, 7) is 0.318. The normalized spacial score (nSPS) is 14.5. The highest BCUT2D eigenvalue weighted by molar-refractivity contribution is 8.01. The number of hydrogen-bond acceptors (Lipinski definition) is 4. The maximum Gasteiger partial charge on any atom is 0.333 e.